The zero-order valence-electron chi connectivity index (χ0n) is 9.36. The fraction of sp³-hybridized carbons (Fsp3) is 0.417. The monoisotopic (exact) mass is 206 g/mol. The molecule has 0 atom stereocenters. The molecular weight excluding hydrogens is 188 g/mol. The van der Waals surface area contributed by atoms with Crippen molar-refractivity contribution in [1.82, 2.24) is 10.2 Å². The molecule has 0 aliphatic carbocycles. The first-order chi connectivity index (χ1) is 7.22. The van der Waals surface area contributed by atoms with Gasteiger partial charge in [-0.15, -0.1) is 0 Å². The molecule has 3 heteroatoms. The van der Waals surface area contributed by atoms with Crippen LogP contribution in [0.1, 0.15) is 15.9 Å². The van der Waals surface area contributed by atoms with E-state index in [1.807, 2.05) is 24.3 Å². The van der Waals surface area contributed by atoms with Crippen LogP contribution in [-0.4, -0.2) is 38.4 Å². The smallest absolute Gasteiger partial charge is 0.150 e. The molecule has 0 radical (unpaired) electrons. The van der Waals surface area contributed by atoms with Gasteiger partial charge in [-0.25, -0.2) is 0 Å². The summed E-state index contributed by atoms with van der Waals surface area (Å²) in [5.41, 5.74) is 1.94. The molecule has 0 spiro atoms. The van der Waals surface area contributed by atoms with Crippen LogP contribution in [0, 0.1) is 0 Å². The first kappa shape index (κ1) is 11.9. The second-order valence-electron chi connectivity index (χ2n) is 3.84. The third-order valence-electron chi connectivity index (χ3n) is 2.18. The van der Waals surface area contributed by atoms with Crippen LogP contribution in [0.15, 0.2) is 24.3 Å². The first-order valence-corrected chi connectivity index (χ1v) is 5.12. The summed E-state index contributed by atoms with van der Waals surface area (Å²) < 4.78 is 0. The molecular formula is C12H18N2O. The van der Waals surface area contributed by atoms with Crippen molar-refractivity contribution in [3.63, 3.8) is 0 Å². The van der Waals surface area contributed by atoms with Gasteiger partial charge in [-0.05, 0) is 19.7 Å². The summed E-state index contributed by atoms with van der Waals surface area (Å²) in [5, 5.41) is 3.34. The second kappa shape index (κ2) is 6.32. The number of nitrogens with zero attached hydrogens (tertiary/aromatic N) is 1. The van der Waals surface area contributed by atoms with Crippen molar-refractivity contribution in [2.75, 3.05) is 27.2 Å². The van der Waals surface area contributed by atoms with Gasteiger partial charge in [0.2, 0.25) is 0 Å². The molecule has 0 aliphatic rings. The highest BCUT2D eigenvalue weighted by Gasteiger charge is 1.94. The molecule has 0 bridgehead atoms. The average Bonchev–Trinajstić information content (AvgIpc) is 2.25. The number of hydrogen-bond acceptors (Lipinski definition) is 3. The quantitative estimate of drug-likeness (QED) is 0.560. The van der Waals surface area contributed by atoms with E-state index in [1.165, 1.54) is 5.56 Å². The number of carbonyl (C=O) groups excluding carboxylic acids is 1. The van der Waals surface area contributed by atoms with Gasteiger partial charge in [-0.2, -0.15) is 0 Å². The van der Waals surface area contributed by atoms with E-state index in [9.17, 15) is 4.79 Å². The lowest BCUT2D eigenvalue weighted by Gasteiger charge is -2.10. The predicted octanol–water partition coefficient (Wildman–Crippen LogP) is 1.15. The minimum Gasteiger partial charge on any atom is -0.311 e. The maximum Gasteiger partial charge on any atom is 0.150 e. The SMILES string of the molecule is CN(C)CCNCc1ccc(C=O)cc1. The largest absolute Gasteiger partial charge is 0.311 e. The molecule has 1 aromatic carbocycles. The van der Waals surface area contributed by atoms with Gasteiger partial charge in [0.15, 0.2) is 0 Å². The molecule has 0 aliphatic heterocycles. The third-order valence-corrected chi connectivity index (χ3v) is 2.18. The molecule has 0 heterocycles. The summed E-state index contributed by atoms with van der Waals surface area (Å²) in [5.74, 6) is 0. The summed E-state index contributed by atoms with van der Waals surface area (Å²) in [7, 11) is 4.11. The Bertz CT molecular complexity index is 293. The summed E-state index contributed by atoms with van der Waals surface area (Å²) in [6.45, 7) is 2.86. The van der Waals surface area contributed by atoms with Crippen molar-refractivity contribution in [2.45, 2.75) is 6.54 Å². The lowest BCUT2D eigenvalue weighted by molar-refractivity contribution is 0.112. The maximum atomic E-state index is 10.4. The summed E-state index contributed by atoms with van der Waals surface area (Å²) in [6.07, 6.45) is 0.864. The summed E-state index contributed by atoms with van der Waals surface area (Å²) >= 11 is 0. The Morgan fingerprint density at radius 1 is 1.27 bits per heavy atom. The standard InChI is InChI=1S/C12H18N2O/c1-14(2)8-7-13-9-11-3-5-12(10-15)6-4-11/h3-6,10,13H,7-9H2,1-2H3. The summed E-state index contributed by atoms with van der Waals surface area (Å²) in [6, 6.07) is 7.64. The van der Waals surface area contributed by atoms with Gasteiger partial charge >= 0.3 is 0 Å². The van der Waals surface area contributed by atoms with Crippen molar-refractivity contribution >= 4 is 6.29 Å². The number of nitrogens with one attached hydrogen (secondary N) is 1. The Kier molecular flexibility index (Phi) is 5.01. The van der Waals surface area contributed by atoms with Gasteiger partial charge in [0.05, 0.1) is 0 Å². The predicted molar refractivity (Wildman–Crippen MR) is 62.1 cm³/mol. The number of likely N-dealkylation sites (N-methyl/N-ethyl adjacent to an activating group) is 1. The van der Waals surface area contributed by atoms with E-state index in [4.69, 9.17) is 0 Å². The van der Waals surface area contributed by atoms with E-state index in [-0.39, 0.29) is 0 Å². The van der Waals surface area contributed by atoms with Crippen LogP contribution >= 0.6 is 0 Å². The van der Waals surface area contributed by atoms with Gasteiger partial charge in [0, 0.05) is 25.2 Å². The minimum absolute atomic E-state index is 0.729. The van der Waals surface area contributed by atoms with Crippen molar-refractivity contribution in [3.8, 4) is 0 Å². The maximum absolute atomic E-state index is 10.4. The number of hydrogen-bond donors (Lipinski definition) is 1. The molecule has 1 N–H and O–H groups in total. The van der Waals surface area contributed by atoms with Crippen LogP contribution in [0.5, 0.6) is 0 Å². The van der Waals surface area contributed by atoms with Crippen LogP contribution in [-0.2, 0) is 6.54 Å². The third kappa shape index (κ3) is 4.72. The topological polar surface area (TPSA) is 32.3 Å². The van der Waals surface area contributed by atoms with Gasteiger partial charge in [-0.1, -0.05) is 24.3 Å². The van der Waals surface area contributed by atoms with E-state index in [1.54, 1.807) is 0 Å². The van der Waals surface area contributed by atoms with Crippen molar-refractivity contribution in [3.05, 3.63) is 35.4 Å². The van der Waals surface area contributed by atoms with Gasteiger partial charge in [-0.3, -0.25) is 4.79 Å². The van der Waals surface area contributed by atoms with Crippen LogP contribution in [0.25, 0.3) is 0 Å². The lowest BCUT2D eigenvalue weighted by Crippen LogP contribution is -2.26. The minimum atomic E-state index is 0.729. The zero-order chi connectivity index (χ0) is 11.1. The highest BCUT2D eigenvalue weighted by atomic mass is 16.1. The Hall–Kier alpha value is -1.19. The van der Waals surface area contributed by atoms with Crippen LogP contribution < -0.4 is 5.32 Å². The highest BCUT2D eigenvalue weighted by molar-refractivity contribution is 5.74. The van der Waals surface area contributed by atoms with E-state index in [0.717, 1.165) is 31.5 Å². The Labute approximate surface area is 91.1 Å². The molecule has 0 saturated heterocycles. The fourth-order valence-corrected chi connectivity index (χ4v) is 1.25. The second-order valence-corrected chi connectivity index (χ2v) is 3.84. The molecule has 3 nitrogen and oxygen atoms in total. The average molecular weight is 206 g/mol. The molecule has 0 unspecified atom stereocenters. The molecule has 1 rings (SSSR count). The Morgan fingerprint density at radius 2 is 1.93 bits per heavy atom. The van der Waals surface area contributed by atoms with Crippen molar-refractivity contribution in [1.29, 1.82) is 0 Å². The zero-order valence-corrected chi connectivity index (χ0v) is 9.36. The Balaban J connectivity index is 2.28. The van der Waals surface area contributed by atoms with E-state index >= 15 is 0 Å². The number of aldehydes is 1. The van der Waals surface area contributed by atoms with Gasteiger partial charge in [0.1, 0.15) is 6.29 Å². The Morgan fingerprint density at radius 3 is 2.47 bits per heavy atom. The molecule has 0 amide bonds. The molecule has 82 valence electrons. The molecule has 1 aromatic rings. The van der Waals surface area contributed by atoms with Crippen molar-refractivity contribution in [2.24, 2.45) is 0 Å². The number of carbonyl (C=O) groups is 1. The van der Waals surface area contributed by atoms with E-state index in [2.05, 4.69) is 24.3 Å². The highest BCUT2D eigenvalue weighted by Crippen LogP contribution is 2.01. The van der Waals surface area contributed by atoms with E-state index < -0.39 is 0 Å². The normalized spacial score (nSPS) is 10.6. The van der Waals surface area contributed by atoms with Crippen molar-refractivity contribution < 1.29 is 4.79 Å². The van der Waals surface area contributed by atoms with E-state index in [0.29, 0.717) is 0 Å². The summed E-state index contributed by atoms with van der Waals surface area (Å²) in [4.78, 5) is 12.6. The molecule has 0 saturated carbocycles. The molecule has 0 aromatic heterocycles. The van der Waals surface area contributed by atoms with Gasteiger partial charge < -0.3 is 10.2 Å². The van der Waals surface area contributed by atoms with Gasteiger partial charge in [0.25, 0.3) is 0 Å². The van der Waals surface area contributed by atoms with Crippen LogP contribution in [0.2, 0.25) is 0 Å². The van der Waals surface area contributed by atoms with Crippen LogP contribution in [0.3, 0.4) is 0 Å². The number of benzene rings is 1. The fourth-order valence-electron chi connectivity index (χ4n) is 1.25. The number of rotatable bonds is 6. The van der Waals surface area contributed by atoms with Crippen LogP contribution in [0.4, 0.5) is 0 Å². The molecule has 15 heavy (non-hydrogen) atoms. The first-order valence-electron chi connectivity index (χ1n) is 5.12. The lowest BCUT2D eigenvalue weighted by atomic mass is 10.1. The molecule has 0 fully saturated rings.